The third-order valence-corrected chi connectivity index (χ3v) is 4.15. The number of rotatable bonds is 5. The fraction of sp³-hybridized carbons (Fsp3) is 0.600. The molecule has 1 aromatic carbocycles. The van der Waals surface area contributed by atoms with Gasteiger partial charge < -0.3 is 10.2 Å². The first-order valence-electron chi connectivity index (χ1n) is 7.35. The average molecular weight is 292 g/mol. The largest absolute Gasteiger partial charge is 0.383 e. The number of hydrogen-bond donors (Lipinski definition) is 1. The second-order valence-electron chi connectivity index (χ2n) is 5.85. The summed E-state index contributed by atoms with van der Waals surface area (Å²) in [7, 11) is 5.93. The maximum Gasteiger partial charge on any atom is 0.292 e. The van der Waals surface area contributed by atoms with Crippen molar-refractivity contribution in [1.82, 2.24) is 9.80 Å². The highest BCUT2D eigenvalue weighted by molar-refractivity contribution is 5.62. The summed E-state index contributed by atoms with van der Waals surface area (Å²) in [5, 5.41) is 14.0. The first kappa shape index (κ1) is 15.7. The van der Waals surface area contributed by atoms with Crippen molar-refractivity contribution in [3.05, 3.63) is 33.9 Å². The summed E-state index contributed by atoms with van der Waals surface area (Å²) in [6, 6.07) is 6.02. The zero-order chi connectivity index (χ0) is 15.4. The molecule has 21 heavy (non-hydrogen) atoms. The summed E-state index contributed by atoms with van der Waals surface area (Å²) in [6.45, 7) is 2.86. The van der Waals surface area contributed by atoms with E-state index in [0.29, 0.717) is 11.7 Å². The first-order chi connectivity index (χ1) is 10.0. The lowest BCUT2D eigenvalue weighted by Crippen LogP contribution is -2.44. The molecule has 0 spiro atoms. The highest BCUT2D eigenvalue weighted by Crippen LogP contribution is 2.26. The maximum atomic E-state index is 11.1. The number of piperidine rings is 1. The van der Waals surface area contributed by atoms with Gasteiger partial charge in [-0.3, -0.25) is 15.0 Å². The number of likely N-dealkylation sites (tertiary alicyclic amines) is 1. The summed E-state index contributed by atoms with van der Waals surface area (Å²) < 4.78 is 0. The SMILES string of the molecule is CNc1ccc(CN2CCCC(N(C)C)C2)cc1[N+](=O)[O-]. The van der Waals surface area contributed by atoms with Crippen LogP contribution in [-0.2, 0) is 6.54 Å². The van der Waals surface area contributed by atoms with Crippen LogP contribution in [0.4, 0.5) is 11.4 Å². The predicted molar refractivity (Wildman–Crippen MR) is 84.6 cm³/mol. The molecule has 0 radical (unpaired) electrons. The number of benzene rings is 1. The molecule has 0 aliphatic carbocycles. The van der Waals surface area contributed by atoms with Crippen LogP contribution in [0, 0.1) is 10.1 Å². The maximum absolute atomic E-state index is 11.1. The topological polar surface area (TPSA) is 61.6 Å². The molecule has 1 unspecified atom stereocenters. The number of nitrogens with one attached hydrogen (secondary N) is 1. The van der Waals surface area contributed by atoms with Crippen molar-refractivity contribution in [3.8, 4) is 0 Å². The van der Waals surface area contributed by atoms with E-state index in [4.69, 9.17) is 0 Å². The molecule has 1 N–H and O–H groups in total. The quantitative estimate of drug-likeness (QED) is 0.665. The van der Waals surface area contributed by atoms with E-state index in [9.17, 15) is 10.1 Å². The Labute approximate surface area is 125 Å². The molecule has 6 heteroatoms. The number of anilines is 1. The molecule has 0 amide bonds. The van der Waals surface area contributed by atoms with Crippen LogP contribution in [-0.4, -0.2) is 55.0 Å². The lowest BCUT2D eigenvalue weighted by atomic mass is 10.0. The van der Waals surface area contributed by atoms with Gasteiger partial charge in [-0.25, -0.2) is 0 Å². The number of hydrogen-bond acceptors (Lipinski definition) is 5. The molecule has 2 rings (SSSR count). The van der Waals surface area contributed by atoms with Gasteiger partial charge in [0.2, 0.25) is 0 Å². The minimum atomic E-state index is -0.325. The van der Waals surface area contributed by atoms with Crippen LogP contribution in [0.5, 0.6) is 0 Å². The second-order valence-corrected chi connectivity index (χ2v) is 5.85. The summed E-state index contributed by atoms with van der Waals surface area (Å²) in [4.78, 5) is 15.4. The fourth-order valence-corrected chi connectivity index (χ4v) is 2.89. The van der Waals surface area contributed by atoms with Gasteiger partial charge in [-0.2, -0.15) is 0 Å². The van der Waals surface area contributed by atoms with Crippen LogP contribution in [0.15, 0.2) is 18.2 Å². The van der Waals surface area contributed by atoms with Crippen LogP contribution in [0.2, 0.25) is 0 Å². The molecular formula is C15H24N4O2. The van der Waals surface area contributed by atoms with Crippen LogP contribution in [0.3, 0.4) is 0 Å². The Morgan fingerprint density at radius 1 is 1.48 bits per heavy atom. The third kappa shape index (κ3) is 3.92. The molecule has 1 aliphatic heterocycles. The van der Waals surface area contributed by atoms with Gasteiger partial charge in [-0.1, -0.05) is 6.07 Å². The molecule has 1 fully saturated rings. The predicted octanol–water partition coefficient (Wildman–Crippen LogP) is 2.16. The van der Waals surface area contributed by atoms with Gasteiger partial charge >= 0.3 is 0 Å². The van der Waals surface area contributed by atoms with Crippen LogP contribution >= 0.6 is 0 Å². The number of nitrogens with zero attached hydrogens (tertiary/aromatic N) is 3. The number of nitro groups is 1. The lowest BCUT2D eigenvalue weighted by molar-refractivity contribution is -0.384. The van der Waals surface area contributed by atoms with E-state index in [1.54, 1.807) is 19.2 Å². The first-order valence-corrected chi connectivity index (χ1v) is 7.35. The smallest absolute Gasteiger partial charge is 0.292 e. The molecule has 116 valence electrons. The van der Waals surface area contributed by atoms with Gasteiger partial charge in [0.1, 0.15) is 5.69 Å². The van der Waals surface area contributed by atoms with Crippen molar-refractivity contribution in [3.63, 3.8) is 0 Å². The number of likely N-dealkylation sites (N-methyl/N-ethyl adjacent to an activating group) is 1. The third-order valence-electron chi connectivity index (χ3n) is 4.15. The van der Waals surface area contributed by atoms with Gasteiger partial charge in [-0.05, 0) is 45.1 Å². The molecule has 1 heterocycles. The molecule has 1 aromatic rings. The van der Waals surface area contributed by atoms with E-state index >= 15 is 0 Å². The Balaban J connectivity index is 2.09. The van der Waals surface area contributed by atoms with Crippen molar-refractivity contribution in [2.45, 2.75) is 25.4 Å². The molecule has 1 saturated heterocycles. The molecule has 1 atom stereocenters. The van der Waals surface area contributed by atoms with E-state index in [1.807, 2.05) is 6.07 Å². The second kappa shape index (κ2) is 6.87. The normalized spacial score (nSPS) is 19.7. The van der Waals surface area contributed by atoms with Gasteiger partial charge in [0.15, 0.2) is 0 Å². The summed E-state index contributed by atoms with van der Waals surface area (Å²) in [5.41, 5.74) is 1.71. The summed E-state index contributed by atoms with van der Waals surface area (Å²) >= 11 is 0. The Morgan fingerprint density at radius 3 is 2.86 bits per heavy atom. The summed E-state index contributed by atoms with van der Waals surface area (Å²) in [5.74, 6) is 0. The van der Waals surface area contributed by atoms with Gasteiger partial charge in [0, 0.05) is 32.2 Å². The fourth-order valence-electron chi connectivity index (χ4n) is 2.89. The van der Waals surface area contributed by atoms with Gasteiger partial charge in [0.05, 0.1) is 4.92 Å². The monoisotopic (exact) mass is 292 g/mol. The molecule has 0 aromatic heterocycles. The highest BCUT2D eigenvalue weighted by atomic mass is 16.6. The Hall–Kier alpha value is -1.66. The van der Waals surface area contributed by atoms with Crippen molar-refractivity contribution >= 4 is 11.4 Å². The number of nitro benzene ring substituents is 1. The van der Waals surface area contributed by atoms with E-state index < -0.39 is 0 Å². The lowest BCUT2D eigenvalue weighted by Gasteiger charge is -2.36. The zero-order valence-electron chi connectivity index (χ0n) is 13.0. The standard InChI is InChI=1S/C15H24N4O2/c1-16-14-7-6-12(9-15(14)19(20)21)10-18-8-4-5-13(11-18)17(2)3/h6-7,9,13,16H,4-5,8,10-11H2,1-3H3. The van der Waals surface area contributed by atoms with E-state index in [0.717, 1.165) is 25.2 Å². The Bertz CT molecular complexity index is 504. The van der Waals surface area contributed by atoms with E-state index in [-0.39, 0.29) is 10.6 Å². The van der Waals surface area contributed by atoms with Gasteiger partial charge in [-0.15, -0.1) is 0 Å². The van der Waals surface area contributed by atoms with Crippen LogP contribution < -0.4 is 5.32 Å². The van der Waals surface area contributed by atoms with Crippen LogP contribution in [0.25, 0.3) is 0 Å². The van der Waals surface area contributed by atoms with Crippen molar-refractivity contribution in [1.29, 1.82) is 0 Å². The zero-order valence-corrected chi connectivity index (χ0v) is 13.0. The molecular weight excluding hydrogens is 268 g/mol. The Kier molecular flexibility index (Phi) is 5.14. The van der Waals surface area contributed by atoms with Gasteiger partial charge in [0.25, 0.3) is 5.69 Å². The summed E-state index contributed by atoms with van der Waals surface area (Å²) in [6.07, 6.45) is 2.40. The Morgan fingerprint density at radius 2 is 2.24 bits per heavy atom. The van der Waals surface area contributed by atoms with Crippen molar-refractivity contribution in [2.24, 2.45) is 0 Å². The highest BCUT2D eigenvalue weighted by Gasteiger charge is 2.22. The van der Waals surface area contributed by atoms with Crippen LogP contribution in [0.1, 0.15) is 18.4 Å². The minimum Gasteiger partial charge on any atom is -0.383 e. The van der Waals surface area contributed by atoms with E-state index in [2.05, 4.69) is 29.2 Å². The molecule has 0 saturated carbocycles. The molecule has 0 bridgehead atoms. The van der Waals surface area contributed by atoms with Crippen molar-refractivity contribution < 1.29 is 4.92 Å². The molecule has 1 aliphatic rings. The van der Waals surface area contributed by atoms with Crippen molar-refractivity contribution in [2.75, 3.05) is 39.5 Å². The van der Waals surface area contributed by atoms with E-state index in [1.165, 1.54) is 12.8 Å². The minimum absolute atomic E-state index is 0.149. The molecule has 6 nitrogen and oxygen atoms in total. The average Bonchev–Trinajstić information content (AvgIpc) is 2.47.